The number of halogens is 3. The lowest BCUT2D eigenvalue weighted by atomic mass is 10.1. The molecule has 1 aromatic rings. The van der Waals surface area contributed by atoms with Gasteiger partial charge in [0.15, 0.2) is 0 Å². The van der Waals surface area contributed by atoms with Crippen LogP contribution in [0, 0.1) is 0 Å². The highest BCUT2D eigenvalue weighted by atomic mass is 79.9. The number of anilines is 1. The first-order valence-electron chi connectivity index (χ1n) is 6.53. The third-order valence-corrected chi connectivity index (χ3v) is 3.89. The fourth-order valence-electron chi connectivity index (χ4n) is 1.83. The highest BCUT2D eigenvalue weighted by Gasteiger charge is 2.06. The summed E-state index contributed by atoms with van der Waals surface area (Å²) in [6.07, 6.45) is 7.72. The van der Waals surface area contributed by atoms with Gasteiger partial charge in [-0.2, -0.15) is 0 Å². The molecule has 0 fully saturated rings. The van der Waals surface area contributed by atoms with Crippen molar-refractivity contribution in [2.24, 2.45) is 0 Å². The second-order valence-electron chi connectivity index (χ2n) is 4.44. The van der Waals surface area contributed by atoms with Crippen molar-refractivity contribution in [3.8, 4) is 0 Å². The highest BCUT2D eigenvalue weighted by Crippen LogP contribution is 2.33. The van der Waals surface area contributed by atoms with E-state index in [1.807, 2.05) is 12.1 Å². The van der Waals surface area contributed by atoms with Gasteiger partial charge in [-0.1, -0.05) is 78.2 Å². The number of nitrogens with one attached hydrogen (secondary N) is 1. The number of hydrogen-bond donors (Lipinski definition) is 1. The van der Waals surface area contributed by atoms with E-state index in [9.17, 15) is 0 Å². The zero-order valence-corrected chi connectivity index (χ0v) is 13.8. The summed E-state index contributed by atoms with van der Waals surface area (Å²) in [6, 6.07) is 3.72. The van der Waals surface area contributed by atoms with Crippen LogP contribution in [0.15, 0.2) is 16.6 Å². The molecule has 1 rings (SSSR count). The molecule has 0 atom stereocenters. The molecule has 0 bridgehead atoms. The third kappa shape index (κ3) is 5.81. The SMILES string of the molecule is CCCCCCCCNc1c(Cl)cc(Br)cc1Cl. The number of rotatable bonds is 8. The van der Waals surface area contributed by atoms with E-state index in [0.717, 1.165) is 23.1 Å². The molecule has 4 heteroatoms. The van der Waals surface area contributed by atoms with Crippen molar-refractivity contribution in [1.29, 1.82) is 0 Å². The average molecular weight is 353 g/mol. The Morgan fingerprint density at radius 3 is 2.17 bits per heavy atom. The van der Waals surface area contributed by atoms with E-state index in [1.165, 1.54) is 32.1 Å². The predicted octanol–water partition coefficient (Wildman–Crippen LogP) is 6.53. The molecular formula is C14H20BrCl2N. The molecule has 0 saturated carbocycles. The number of unbranched alkanes of at least 4 members (excludes halogenated alkanes) is 5. The molecule has 0 aliphatic carbocycles. The Morgan fingerprint density at radius 1 is 1.00 bits per heavy atom. The largest absolute Gasteiger partial charge is 0.383 e. The van der Waals surface area contributed by atoms with Gasteiger partial charge in [0.25, 0.3) is 0 Å². The summed E-state index contributed by atoms with van der Waals surface area (Å²) in [7, 11) is 0. The van der Waals surface area contributed by atoms with E-state index in [-0.39, 0.29) is 0 Å². The van der Waals surface area contributed by atoms with Gasteiger partial charge in [0, 0.05) is 11.0 Å². The molecule has 1 N–H and O–H groups in total. The van der Waals surface area contributed by atoms with E-state index < -0.39 is 0 Å². The van der Waals surface area contributed by atoms with E-state index in [4.69, 9.17) is 23.2 Å². The van der Waals surface area contributed by atoms with E-state index in [2.05, 4.69) is 28.2 Å². The summed E-state index contributed by atoms with van der Waals surface area (Å²) in [5, 5.41) is 4.65. The number of hydrogen-bond acceptors (Lipinski definition) is 1. The first-order valence-corrected chi connectivity index (χ1v) is 8.08. The molecule has 1 aromatic carbocycles. The van der Waals surface area contributed by atoms with Crippen LogP contribution in [0.4, 0.5) is 5.69 Å². The lowest BCUT2D eigenvalue weighted by Crippen LogP contribution is -2.02. The third-order valence-electron chi connectivity index (χ3n) is 2.84. The van der Waals surface area contributed by atoms with Gasteiger partial charge in [-0.05, 0) is 18.6 Å². The molecule has 102 valence electrons. The van der Waals surface area contributed by atoms with Crippen molar-refractivity contribution >= 4 is 44.8 Å². The minimum Gasteiger partial charge on any atom is -0.383 e. The molecule has 0 heterocycles. The van der Waals surface area contributed by atoms with Gasteiger partial charge in [-0.3, -0.25) is 0 Å². The summed E-state index contributed by atoms with van der Waals surface area (Å²) in [5.74, 6) is 0. The normalized spacial score (nSPS) is 10.7. The van der Waals surface area contributed by atoms with Crippen molar-refractivity contribution in [2.45, 2.75) is 45.4 Å². The summed E-state index contributed by atoms with van der Waals surface area (Å²) in [5.41, 5.74) is 0.843. The molecule has 18 heavy (non-hydrogen) atoms. The van der Waals surface area contributed by atoms with Gasteiger partial charge < -0.3 is 5.32 Å². The molecule has 0 aliphatic rings. The molecule has 1 nitrogen and oxygen atoms in total. The minimum atomic E-state index is 0.667. The van der Waals surface area contributed by atoms with Crippen LogP contribution in [0.3, 0.4) is 0 Å². The Labute approximate surface area is 128 Å². The summed E-state index contributed by atoms with van der Waals surface area (Å²) in [4.78, 5) is 0. The van der Waals surface area contributed by atoms with Gasteiger partial charge in [0.05, 0.1) is 15.7 Å². The van der Waals surface area contributed by atoms with Crippen LogP contribution < -0.4 is 5.32 Å². The summed E-state index contributed by atoms with van der Waals surface area (Å²) in [6.45, 7) is 3.16. The molecule has 0 amide bonds. The Hall–Kier alpha value is 0.0800. The predicted molar refractivity (Wildman–Crippen MR) is 86.0 cm³/mol. The van der Waals surface area contributed by atoms with Crippen LogP contribution in [-0.4, -0.2) is 6.54 Å². The van der Waals surface area contributed by atoms with Crippen molar-refractivity contribution in [1.82, 2.24) is 0 Å². The quantitative estimate of drug-likeness (QED) is 0.524. The monoisotopic (exact) mass is 351 g/mol. The van der Waals surface area contributed by atoms with E-state index in [0.29, 0.717) is 10.0 Å². The second-order valence-corrected chi connectivity index (χ2v) is 6.17. The van der Waals surface area contributed by atoms with Crippen molar-refractivity contribution < 1.29 is 0 Å². The van der Waals surface area contributed by atoms with Crippen LogP contribution in [0.5, 0.6) is 0 Å². The Bertz CT molecular complexity index is 346. The lowest BCUT2D eigenvalue weighted by Gasteiger charge is -2.10. The van der Waals surface area contributed by atoms with Crippen molar-refractivity contribution in [3.05, 3.63) is 26.7 Å². The molecule has 0 saturated heterocycles. The van der Waals surface area contributed by atoms with Gasteiger partial charge in [0.2, 0.25) is 0 Å². The maximum Gasteiger partial charge on any atom is 0.0719 e. The van der Waals surface area contributed by atoms with Gasteiger partial charge in [-0.15, -0.1) is 0 Å². The van der Waals surface area contributed by atoms with Crippen LogP contribution in [0.1, 0.15) is 45.4 Å². The molecule has 0 radical (unpaired) electrons. The Morgan fingerprint density at radius 2 is 1.56 bits per heavy atom. The first kappa shape index (κ1) is 16.1. The van der Waals surface area contributed by atoms with Crippen molar-refractivity contribution in [3.63, 3.8) is 0 Å². The molecule has 0 spiro atoms. The van der Waals surface area contributed by atoms with Crippen LogP contribution in [0.2, 0.25) is 10.0 Å². The molecule has 0 aliphatic heterocycles. The minimum absolute atomic E-state index is 0.667. The fraction of sp³-hybridized carbons (Fsp3) is 0.571. The topological polar surface area (TPSA) is 12.0 Å². The van der Waals surface area contributed by atoms with Gasteiger partial charge >= 0.3 is 0 Å². The van der Waals surface area contributed by atoms with Crippen molar-refractivity contribution in [2.75, 3.05) is 11.9 Å². The zero-order valence-electron chi connectivity index (χ0n) is 10.7. The second kappa shape index (κ2) is 9.06. The molecule has 0 unspecified atom stereocenters. The average Bonchev–Trinajstić information content (AvgIpc) is 2.30. The lowest BCUT2D eigenvalue weighted by molar-refractivity contribution is 0.617. The molecule has 0 aromatic heterocycles. The highest BCUT2D eigenvalue weighted by molar-refractivity contribution is 9.10. The Kier molecular flexibility index (Phi) is 8.12. The van der Waals surface area contributed by atoms with Gasteiger partial charge in [-0.25, -0.2) is 0 Å². The fourth-order valence-corrected chi connectivity index (χ4v) is 3.17. The van der Waals surface area contributed by atoms with Crippen LogP contribution in [0.25, 0.3) is 0 Å². The summed E-state index contributed by atoms with van der Waals surface area (Å²) < 4.78 is 0.905. The maximum absolute atomic E-state index is 6.14. The van der Waals surface area contributed by atoms with Crippen LogP contribution in [-0.2, 0) is 0 Å². The van der Waals surface area contributed by atoms with Crippen LogP contribution >= 0.6 is 39.1 Å². The smallest absolute Gasteiger partial charge is 0.0719 e. The molecular weight excluding hydrogens is 333 g/mol. The maximum atomic E-state index is 6.14. The standard InChI is InChI=1S/C14H20BrCl2N/c1-2-3-4-5-6-7-8-18-14-12(16)9-11(15)10-13(14)17/h9-10,18H,2-8H2,1H3. The summed E-state index contributed by atoms with van der Waals surface area (Å²) >= 11 is 15.6. The number of benzene rings is 1. The first-order chi connectivity index (χ1) is 8.65. The zero-order chi connectivity index (χ0) is 13.4. The van der Waals surface area contributed by atoms with E-state index in [1.54, 1.807) is 0 Å². The van der Waals surface area contributed by atoms with E-state index >= 15 is 0 Å². The Balaban J connectivity index is 2.27. The van der Waals surface area contributed by atoms with Gasteiger partial charge in [0.1, 0.15) is 0 Å².